The van der Waals surface area contributed by atoms with Gasteiger partial charge in [-0.25, -0.2) is 4.98 Å². The number of aromatic nitrogens is 1. The zero-order valence-corrected chi connectivity index (χ0v) is 14.1. The van der Waals surface area contributed by atoms with E-state index < -0.39 is 0 Å². The van der Waals surface area contributed by atoms with Gasteiger partial charge in [-0.05, 0) is 31.5 Å². The maximum atomic E-state index is 4.76. The van der Waals surface area contributed by atoms with Gasteiger partial charge in [0.2, 0.25) is 0 Å². The second kappa shape index (κ2) is 6.81. The predicted octanol–water partition coefficient (Wildman–Crippen LogP) is 3.22. The van der Waals surface area contributed by atoms with E-state index in [2.05, 4.69) is 68.7 Å². The first kappa shape index (κ1) is 15.6. The highest BCUT2D eigenvalue weighted by atomic mass is 32.2. The number of thioether (sulfide) groups is 1. The third-order valence-electron chi connectivity index (χ3n) is 3.89. The summed E-state index contributed by atoms with van der Waals surface area (Å²) in [6, 6.07) is 5.50. The van der Waals surface area contributed by atoms with Crippen molar-refractivity contribution in [2.75, 3.05) is 17.2 Å². The predicted molar refractivity (Wildman–Crippen MR) is 89.7 cm³/mol. The molecule has 2 heterocycles. The van der Waals surface area contributed by atoms with E-state index in [1.54, 1.807) is 0 Å². The van der Waals surface area contributed by atoms with Crippen LogP contribution < -0.4 is 10.2 Å². The molecule has 1 N–H and O–H groups in total. The third-order valence-corrected chi connectivity index (χ3v) is 5.23. The van der Waals surface area contributed by atoms with Crippen molar-refractivity contribution in [3.05, 3.63) is 23.4 Å². The highest BCUT2D eigenvalue weighted by molar-refractivity contribution is 8.00. The van der Waals surface area contributed by atoms with E-state index in [-0.39, 0.29) is 0 Å². The van der Waals surface area contributed by atoms with Crippen molar-refractivity contribution in [2.45, 2.75) is 58.5 Å². The molecule has 4 heteroatoms. The molecule has 1 saturated heterocycles. The number of pyridine rings is 1. The number of hydrogen-bond donors (Lipinski definition) is 1. The van der Waals surface area contributed by atoms with Crippen molar-refractivity contribution in [3.8, 4) is 0 Å². The molecular weight excluding hydrogens is 266 g/mol. The maximum Gasteiger partial charge on any atom is 0.129 e. The van der Waals surface area contributed by atoms with Gasteiger partial charge in [-0.1, -0.05) is 20.8 Å². The Labute approximate surface area is 127 Å². The van der Waals surface area contributed by atoms with Crippen molar-refractivity contribution >= 4 is 17.6 Å². The molecule has 0 spiro atoms. The topological polar surface area (TPSA) is 28.2 Å². The zero-order chi connectivity index (χ0) is 14.7. The molecule has 3 nitrogen and oxygen atoms in total. The summed E-state index contributed by atoms with van der Waals surface area (Å²) in [5, 5.41) is 4.16. The fraction of sp³-hybridized carbons (Fsp3) is 0.688. The number of anilines is 1. The van der Waals surface area contributed by atoms with Crippen molar-refractivity contribution < 1.29 is 0 Å². The van der Waals surface area contributed by atoms with Crippen LogP contribution in [0.4, 0.5) is 5.82 Å². The third kappa shape index (κ3) is 3.89. The second-order valence-corrected chi connectivity index (χ2v) is 7.51. The van der Waals surface area contributed by atoms with Crippen LogP contribution in [0.15, 0.2) is 12.1 Å². The molecule has 1 aromatic rings. The molecule has 0 saturated carbocycles. The molecular formula is C16H27N3S. The van der Waals surface area contributed by atoms with Gasteiger partial charge in [0.05, 0.1) is 0 Å². The van der Waals surface area contributed by atoms with Gasteiger partial charge >= 0.3 is 0 Å². The first-order valence-corrected chi connectivity index (χ1v) is 8.61. The summed E-state index contributed by atoms with van der Waals surface area (Å²) >= 11 is 2.07. The number of nitrogens with one attached hydrogen (secondary N) is 1. The second-order valence-electron chi connectivity index (χ2n) is 6.02. The van der Waals surface area contributed by atoms with Crippen LogP contribution in [0, 0.1) is 6.92 Å². The zero-order valence-electron chi connectivity index (χ0n) is 13.3. The maximum absolute atomic E-state index is 4.76. The quantitative estimate of drug-likeness (QED) is 0.922. The van der Waals surface area contributed by atoms with E-state index in [1.165, 1.54) is 11.3 Å². The standard InChI is InChI=1S/C16H27N3S/c1-11(2)17-10-15-8-12(3)18-16(9-15)19-6-7-20-14(5)13(19)4/h8-9,11,13-14,17H,6-7,10H2,1-5H3. The number of rotatable bonds is 4. The summed E-state index contributed by atoms with van der Waals surface area (Å²) in [4.78, 5) is 7.22. The molecule has 0 radical (unpaired) electrons. The molecule has 1 fully saturated rings. The Morgan fingerprint density at radius 2 is 2.15 bits per heavy atom. The minimum absolute atomic E-state index is 0.511. The molecule has 1 aliphatic heterocycles. The lowest BCUT2D eigenvalue weighted by Crippen LogP contribution is -2.45. The monoisotopic (exact) mass is 293 g/mol. The van der Waals surface area contributed by atoms with Gasteiger partial charge in [0.15, 0.2) is 0 Å². The van der Waals surface area contributed by atoms with Crippen LogP contribution in [-0.2, 0) is 6.54 Å². The Bertz CT molecular complexity index is 447. The fourth-order valence-corrected chi connectivity index (χ4v) is 3.65. The van der Waals surface area contributed by atoms with E-state index in [0.29, 0.717) is 17.3 Å². The highest BCUT2D eigenvalue weighted by Crippen LogP contribution is 2.28. The van der Waals surface area contributed by atoms with Gasteiger partial charge < -0.3 is 10.2 Å². The minimum atomic E-state index is 0.511. The van der Waals surface area contributed by atoms with Gasteiger partial charge in [-0.2, -0.15) is 11.8 Å². The van der Waals surface area contributed by atoms with Crippen molar-refractivity contribution in [2.24, 2.45) is 0 Å². The van der Waals surface area contributed by atoms with Crippen LogP contribution in [-0.4, -0.2) is 34.6 Å². The van der Waals surface area contributed by atoms with Crippen LogP contribution in [0.2, 0.25) is 0 Å². The van der Waals surface area contributed by atoms with E-state index in [9.17, 15) is 0 Å². The number of aryl methyl sites for hydroxylation is 1. The van der Waals surface area contributed by atoms with Crippen LogP contribution >= 0.6 is 11.8 Å². The average molecular weight is 293 g/mol. The molecule has 1 aliphatic rings. The molecule has 2 atom stereocenters. The molecule has 1 aromatic heterocycles. The molecule has 112 valence electrons. The van der Waals surface area contributed by atoms with Crippen LogP contribution in [0.3, 0.4) is 0 Å². The smallest absolute Gasteiger partial charge is 0.129 e. The summed E-state index contributed by atoms with van der Waals surface area (Å²) in [7, 11) is 0. The van der Waals surface area contributed by atoms with Crippen molar-refractivity contribution in [1.29, 1.82) is 0 Å². The van der Waals surface area contributed by atoms with Gasteiger partial charge in [-0.3, -0.25) is 0 Å². The SMILES string of the molecule is Cc1cc(CNC(C)C)cc(N2CCSC(C)C2C)n1. The molecule has 0 bridgehead atoms. The Hall–Kier alpha value is -0.740. The van der Waals surface area contributed by atoms with E-state index in [4.69, 9.17) is 4.98 Å². The minimum Gasteiger partial charge on any atom is -0.352 e. The normalized spacial score (nSPS) is 23.4. The van der Waals surface area contributed by atoms with Crippen molar-refractivity contribution in [1.82, 2.24) is 10.3 Å². The van der Waals surface area contributed by atoms with Crippen molar-refractivity contribution in [3.63, 3.8) is 0 Å². The highest BCUT2D eigenvalue weighted by Gasteiger charge is 2.26. The lowest BCUT2D eigenvalue weighted by Gasteiger charge is -2.38. The largest absolute Gasteiger partial charge is 0.352 e. The first-order chi connectivity index (χ1) is 9.47. The first-order valence-electron chi connectivity index (χ1n) is 7.56. The summed E-state index contributed by atoms with van der Waals surface area (Å²) in [5.41, 5.74) is 2.44. The number of nitrogens with zero attached hydrogens (tertiary/aromatic N) is 2. The van der Waals surface area contributed by atoms with Crippen LogP contribution in [0.1, 0.15) is 39.0 Å². The Morgan fingerprint density at radius 3 is 2.85 bits per heavy atom. The summed E-state index contributed by atoms with van der Waals surface area (Å²) in [6.45, 7) is 13.1. The van der Waals surface area contributed by atoms with Gasteiger partial charge in [0.1, 0.15) is 5.82 Å². The van der Waals surface area contributed by atoms with Crippen LogP contribution in [0.25, 0.3) is 0 Å². The molecule has 0 amide bonds. The summed E-state index contributed by atoms with van der Waals surface area (Å²) in [6.07, 6.45) is 0. The molecule has 2 rings (SSSR count). The van der Waals surface area contributed by atoms with Gasteiger partial charge in [0, 0.05) is 41.9 Å². The Morgan fingerprint density at radius 1 is 1.40 bits per heavy atom. The van der Waals surface area contributed by atoms with Crippen LogP contribution in [0.5, 0.6) is 0 Å². The summed E-state index contributed by atoms with van der Waals surface area (Å²) in [5.74, 6) is 2.34. The Kier molecular flexibility index (Phi) is 5.33. The summed E-state index contributed by atoms with van der Waals surface area (Å²) < 4.78 is 0. The lowest BCUT2D eigenvalue weighted by atomic mass is 10.1. The lowest BCUT2D eigenvalue weighted by molar-refractivity contribution is 0.586. The molecule has 20 heavy (non-hydrogen) atoms. The van der Waals surface area contributed by atoms with Gasteiger partial charge in [0.25, 0.3) is 0 Å². The molecule has 2 unspecified atom stereocenters. The molecule has 0 aromatic carbocycles. The fourth-order valence-electron chi connectivity index (χ4n) is 2.55. The van der Waals surface area contributed by atoms with E-state index in [0.717, 1.165) is 24.6 Å². The number of hydrogen-bond acceptors (Lipinski definition) is 4. The molecule has 0 aliphatic carbocycles. The average Bonchev–Trinajstić information content (AvgIpc) is 2.39. The Balaban J connectivity index is 2.18. The van der Waals surface area contributed by atoms with E-state index >= 15 is 0 Å². The van der Waals surface area contributed by atoms with E-state index in [1.807, 2.05) is 0 Å². The van der Waals surface area contributed by atoms with Gasteiger partial charge in [-0.15, -0.1) is 0 Å².